The lowest BCUT2D eigenvalue weighted by atomic mass is 9.92. The Kier molecular flexibility index (Phi) is 4.19. The third-order valence-corrected chi connectivity index (χ3v) is 4.97. The minimum absolute atomic E-state index is 0.0934. The SMILES string of the molecule is Cc1cccc(CCC(=O)N2C[C@H](C(=O)O)[C@@H](C3CC3)C2)c1. The second-order valence-electron chi connectivity index (χ2n) is 6.73. The van der Waals surface area contributed by atoms with Crippen LogP contribution in [-0.2, 0) is 16.0 Å². The first-order valence-electron chi connectivity index (χ1n) is 8.10. The number of benzene rings is 1. The Morgan fingerprint density at radius 2 is 2.05 bits per heavy atom. The highest BCUT2D eigenvalue weighted by Gasteiger charge is 2.46. The number of amides is 1. The van der Waals surface area contributed by atoms with Gasteiger partial charge in [-0.2, -0.15) is 0 Å². The molecule has 1 amide bonds. The average Bonchev–Trinajstić information content (AvgIpc) is 3.23. The molecule has 118 valence electrons. The minimum Gasteiger partial charge on any atom is -0.481 e. The molecule has 1 aliphatic heterocycles. The van der Waals surface area contributed by atoms with E-state index in [0.29, 0.717) is 25.4 Å². The van der Waals surface area contributed by atoms with Crippen molar-refractivity contribution in [3.63, 3.8) is 0 Å². The highest BCUT2D eigenvalue weighted by molar-refractivity contribution is 5.79. The van der Waals surface area contributed by atoms with Crippen LogP contribution in [0.1, 0.15) is 30.4 Å². The van der Waals surface area contributed by atoms with Gasteiger partial charge in [-0.3, -0.25) is 9.59 Å². The normalized spacial score (nSPS) is 24.5. The molecule has 0 aromatic heterocycles. The van der Waals surface area contributed by atoms with Gasteiger partial charge in [0.15, 0.2) is 0 Å². The maximum absolute atomic E-state index is 12.4. The van der Waals surface area contributed by atoms with Crippen molar-refractivity contribution >= 4 is 11.9 Å². The second kappa shape index (κ2) is 6.11. The number of rotatable bonds is 5. The van der Waals surface area contributed by atoms with Gasteiger partial charge >= 0.3 is 5.97 Å². The molecule has 2 fully saturated rings. The van der Waals surface area contributed by atoms with Gasteiger partial charge in [0.25, 0.3) is 0 Å². The number of carboxylic acids is 1. The monoisotopic (exact) mass is 301 g/mol. The molecule has 0 radical (unpaired) electrons. The molecule has 0 spiro atoms. The van der Waals surface area contributed by atoms with Crippen LogP contribution in [0.5, 0.6) is 0 Å². The molecule has 1 heterocycles. The number of likely N-dealkylation sites (tertiary alicyclic amines) is 1. The van der Waals surface area contributed by atoms with Crippen molar-refractivity contribution in [2.24, 2.45) is 17.8 Å². The average molecular weight is 301 g/mol. The summed E-state index contributed by atoms with van der Waals surface area (Å²) in [5.74, 6) is -0.326. The molecule has 2 atom stereocenters. The standard InChI is InChI=1S/C18H23NO3/c1-12-3-2-4-13(9-12)5-8-17(20)19-10-15(14-6-7-14)16(11-19)18(21)22/h2-4,9,14-16H,5-8,10-11H2,1H3,(H,21,22)/t15-,16+/m1/s1. The first-order valence-corrected chi connectivity index (χ1v) is 8.10. The van der Waals surface area contributed by atoms with E-state index in [9.17, 15) is 14.7 Å². The van der Waals surface area contributed by atoms with E-state index in [1.54, 1.807) is 4.90 Å². The first-order chi connectivity index (χ1) is 10.5. The summed E-state index contributed by atoms with van der Waals surface area (Å²) < 4.78 is 0. The fourth-order valence-electron chi connectivity index (χ4n) is 3.57. The van der Waals surface area contributed by atoms with Gasteiger partial charge in [0.05, 0.1) is 5.92 Å². The maximum atomic E-state index is 12.4. The fourth-order valence-corrected chi connectivity index (χ4v) is 3.57. The number of hydrogen-bond donors (Lipinski definition) is 1. The van der Waals surface area contributed by atoms with Gasteiger partial charge in [-0.25, -0.2) is 0 Å². The van der Waals surface area contributed by atoms with E-state index in [2.05, 4.69) is 6.07 Å². The summed E-state index contributed by atoms with van der Waals surface area (Å²) in [6, 6.07) is 8.19. The molecular formula is C18H23NO3. The van der Waals surface area contributed by atoms with Gasteiger partial charge in [0.1, 0.15) is 0 Å². The molecule has 4 nitrogen and oxygen atoms in total. The van der Waals surface area contributed by atoms with E-state index in [1.165, 1.54) is 11.1 Å². The Hall–Kier alpha value is -1.84. The molecule has 1 N–H and O–H groups in total. The van der Waals surface area contributed by atoms with Crippen LogP contribution >= 0.6 is 0 Å². The summed E-state index contributed by atoms with van der Waals surface area (Å²) in [6.45, 7) is 3.07. The Labute approximate surface area is 131 Å². The second-order valence-corrected chi connectivity index (χ2v) is 6.73. The lowest BCUT2D eigenvalue weighted by Gasteiger charge is -2.16. The van der Waals surface area contributed by atoms with Gasteiger partial charge in [-0.05, 0) is 43.6 Å². The third-order valence-electron chi connectivity index (χ3n) is 4.97. The lowest BCUT2D eigenvalue weighted by molar-refractivity contribution is -0.142. The first kappa shape index (κ1) is 15.1. The molecule has 1 aliphatic carbocycles. The van der Waals surface area contributed by atoms with Crippen LogP contribution in [0.3, 0.4) is 0 Å². The van der Waals surface area contributed by atoms with Crippen LogP contribution in [0.4, 0.5) is 0 Å². The molecule has 0 bridgehead atoms. The van der Waals surface area contributed by atoms with Crippen LogP contribution in [0, 0.1) is 24.7 Å². The van der Waals surface area contributed by atoms with Gasteiger partial charge in [0.2, 0.25) is 5.91 Å². The fraction of sp³-hybridized carbons (Fsp3) is 0.556. The van der Waals surface area contributed by atoms with Gasteiger partial charge in [0, 0.05) is 19.5 Å². The number of carbonyl (C=O) groups excluding carboxylic acids is 1. The molecule has 3 rings (SSSR count). The molecule has 1 saturated carbocycles. The smallest absolute Gasteiger partial charge is 0.308 e. The van der Waals surface area contributed by atoms with Crippen molar-refractivity contribution in [1.82, 2.24) is 4.90 Å². The number of carbonyl (C=O) groups is 2. The largest absolute Gasteiger partial charge is 0.481 e. The van der Waals surface area contributed by atoms with Crippen molar-refractivity contribution in [3.8, 4) is 0 Å². The number of hydrogen-bond acceptors (Lipinski definition) is 2. The zero-order valence-electron chi connectivity index (χ0n) is 13.0. The lowest BCUT2D eigenvalue weighted by Crippen LogP contribution is -2.30. The van der Waals surface area contributed by atoms with Crippen LogP contribution in [0.25, 0.3) is 0 Å². The Morgan fingerprint density at radius 3 is 2.68 bits per heavy atom. The van der Waals surface area contributed by atoms with Crippen molar-refractivity contribution in [1.29, 1.82) is 0 Å². The summed E-state index contributed by atoms with van der Waals surface area (Å²) in [5, 5.41) is 9.36. The Morgan fingerprint density at radius 1 is 1.27 bits per heavy atom. The highest BCUT2D eigenvalue weighted by Crippen LogP contribution is 2.44. The van der Waals surface area contributed by atoms with Crippen LogP contribution < -0.4 is 0 Å². The van der Waals surface area contributed by atoms with Crippen molar-refractivity contribution in [2.45, 2.75) is 32.6 Å². The van der Waals surface area contributed by atoms with Crippen LogP contribution in [0.2, 0.25) is 0 Å². The predicted octanol–water partition coefficient (Wildman–Crippen LogP) is 2.50. The van der Waals surface area contributed by atoms with Gasteiger partial charge in [-0.1, -0.05) is 29.8 Å². The van der Waals surface area contributed by atoms with E-state index in [-0.39, 0.29) is 17.7 Å². The number of aryl methyl sites for hydroxylation is 2. The molecule has 0 unspecified atom stereocenters. The highest BCUT2D eigenvalue weighted by atomic mass is 16.4. The van der Waals surface area contributed by atoms with Gasteiger partial charge < -0.3 is 10.0 Å². The van der Waals surface area contributed by atoms with Crippen LogP contribution in [0.15, 0.2) is 24.3 Å². The molecule has 1 aromatic rings. The topological polar surface area (TPSA) is 57.6 Å². The summed E-state index contributed by atoms with van der Waals surface area (Å²) in [7, 11) is 0. The number of nitrogens with zero attached hydrogens (tertiary/aromatic N) is 1. The summed E-state index contributed by atoms with van der Waals surface area (Å²) in [5.41, 5.74) is 2.37. The molecule has 2 aliphatic rings. The van der Waals surface area contributed by atoms with E-state index in [4.69, 9.17) is 0 Å². The van der Waals surface area contributed by atoms with Crippen molar-refractivity contribution in [3.05, 3.63) is 35.4 Å². The zero-order valence-corrected chi connectivity index (χ0v) is 13.0. The minimum atomic E-state index is -0.745. The summed E-state index contributed by atoms with van der Waals surface area (Å²) in [6.07, 6.45) is 3.44. The zero-order chi connectivity index (χ0) is 15.7. The van der Waals surface area contributed by atoms with Crippen molar-refractivity contribution < 1.29 is 14.7 Å². The molecule has 1 saturated heterocycles. The summed E-state index contributed by atoms with van der Waals surface area (Å²) >= 11 is 0. The molecule has 1 aromatic carbocycles. The number of carboxylic acid groups (broad SMARTS) is 1. The summed E-state index contributed by atoms with van der Waals surface area (Å²) in [4.78, 5) is 25.6. The predicted molar refractivity (Wildman–Crippen MR) is 83.4 cm³/mol. The van der Waals surface area contributed by atoms with E-state index in [0.717, 1.165) is 19.3 Å². The van der Waals surface area contributed by atoms with E-state index >= 15 is 0 Å². The Balaban J connectivity index is 1.57. The van der Waals surface area contributed by atoms with Gasteiger partial charge in [-0.15, -0.1) is 0 Å². The maximum Gasteiger partial charge on any atom is 0.308 e. The molecule has 22 heavy (non-hydrogen) atoms. The number of aliphatic carboxylic acids is 1. The Bertz CT molecular complexity index is 579. The van der Waals surface area contributed by atoms with Crippen LogP contribution in [-0.4, -0.2) is 35.0 Å². The molecular weight excluding hydrogens is 278 g/mol. The van der Waals surface area contributed by atoms with E-state index in [1.807, 2.05) is 25.1 Å². The third kappa shape index (κ3) is 3.32. The molecule has 4 heteroatoms. The quantitative estimate of drug-likeness (QED) is 0.909. The van der Waals surface area contributed by atoms with Crippen molar-refractivity contribution in [2.75, 3.05) is 13.1 Å². The van der Waals surface area contributed by atoms with E-state index < -0.39 is 5.97 Å².